The molecule has 0 aromatic rings. The molecule has 0 aromatic heterocycles. The molecule has 1 heterocycles. The minimum absolute atomic E-state index is 0.149. The zero-order valence-corrected chi connectivity index (χ0v) is 32.7. The second-order valence-corrected chi connectivity index (χ2v) is 15.5. The highest BCUT2D eigenvalue weighted by Crippen LogP contribution is 2.24. The predicted octanol–water partition coefficient (Wildman–Crippen LogP) is 6.89. The Labute approximate surface area is 313 Å². The van der Waals surface area contributed by atoms with Crippen molar-refractivity contribution in [3.8, 4) is 0 Å². The van der Waals surface area contributed by atoms with E-state index in [2.05, 4.69) is 38.2 Å². The summed E-state index contributed by atoms with van der Waals surface area (Å²) in [6.45, 7) is 3.67. The summed E-state index contributed by atoms with van der Waals surface area (Å²) in [5, 5.41) is 30.7. The Morgan fingerprint density at radius 1 is 0.654 bits per heavy atom. The van der Waals surface area contributed by atoms with Gasteiger partial charge in [0.25, 0.3) is 10.1 Å². The van der Waals surface area contributed by atoms with Crippen LogP contribution in [0.2, 0.25) is 0 Å². The Bertz CT molecular complexity index is 1080. The lowest BCUT2D eigenvalue weighted by molar-refractivity contribution is -0.297. The topological polar surface area (TPSA) is 186 Å². The van der Waals surface area contributed by atoms with Crippen LogP contribution in [0.5, 0.6) is 0 Å². The lowest BCUT2D eigenvalue weighted by Crippen LogP contribution is -2.60. The van der Waals surface area contributed by atoms with Gasteiger partial charge in [-0.25, -0.2) is 0 Å². The number of hydrogen-bond acceptors (Lipinski definition) is 11. The molecule has 0 saturated carbocycles. The van der Waals surface area contributed by atoms with E-state index in [0.29, 0.717) is 12.8 Å². The summed E-state index contributed by atoms with van der Waals surface area (Å²) < 4.78 is 53.8. The quantitative estimate of drug-likeness (QED) is 0.0241. The molecule has 1 aliphatic heterocycles. The number of allylic oxidation sites excluding steroid dienone is 4. The van der Waals surface area contributed by atoms with Crippen molar-refractivity contribution in [2.75, 3.05) is 19.0 Å². The van der Waals surface area contributed by atoms with Gasteiger partial charge in [-0.05, 0) is 38.5 Å². The number of ether oxygens (including phenoxy) is 4. The summed E-state index contributed by atoms with van der Waals surface area (Å²) in [7, 11) is -4.60. The van der Waals surface area contributed by atoms with Crippen LogP contribution in [0.15, 0.2) is 24.3 Å². The van der Waals surface area contributed by atoms with Gasteiger partial charge in [-0.15, -0.1) is 0 Å². The molecule has 1 fully saturated rings. The number of rotatable bonds is 32. The van der Waals surface area contributed by atoms with Crippen molar-refractivity contribution >= 4 is 22.1 Å². The van der Waals surface area contributed by atoms with Crippen LogP contribution in [0.4, 0.5) is 0 Å². The van der Waals surface area contributed by atoms with E-state index in [1.165, 1.54) is 57.8 Å². The largest absolute Gasteiger partial charge is 0.462 e. The molecule has 12 nitrogen and oxygen atoms in total. The number of unbranched alkanes of at least 4 members (excludes halogenated alkanes) is 17. The summed E-state index contributed by atoms with van der Waals surface area (Å²) in [5.74, 6) is -2.00. The molecule has 6 atom stereocenters. The van der Waals surface area contributed by atoms with Gasteiger partial charge in [-0.2, -0.15) is 8.42 Å². The smallest absolute Gasteiger partial charge is 0.306 e. The third kappa shape index (κ3) is 25.2. The highest BCUT2D eigenvalue weighted by atomic mass is 32.2. The van der Waals surface area contributed by atoms with Gasteiger partial charge >= 0.3 is 11.9 Å². The zero-order chi connectivity index (χ0) is 38.5. The molecule has 0 bridgehead atoms. The first-order chi connectivity index (χ1) is 25.0. The van der Waals surface area contributed by atoms with Gasteiger partial charge in [0, 0.05) is 12.8 Å². The Balaban J connectivity index is 2.52. The lowest BCUT2D eigenvalue weighted by atomic mass is 10.00. The normalized spacial score (nSPS) is 21.5. The van der Waals surface area contributed by atoms with E-state index in [4.69, 9.17) is 18.9 Å². The molecule has 52 heavy (non-hydrogen) atoms. The van der Waals surface area contributed by atoms with Gasteiger partial charge in [-0.3, -0.25) is 14.1 Å². The molecule has 1 rings (SSSR count). The molecule has 0 spiro atoms. The van der Waals surface area contributed by atoms with E-state index in [1.54, 1.807) is 0 Å². The van der Waals surface area contributed by atoms with Crippen LogP contribution in [0, 0.1) is 0 Å². The average Bonchev–Trinajstić information content (AvgIpc) is 3.10. The van der Waals surface area contributed by atoms with Crippen LogP contribution in [0.25, 0.3) is 0 Å². The lowest BCUT2D eigenvalue weighted by Gasteiger charge is -2.40. The first-order valence-electron chi connectivity index (χ1n) is 19.9. The molecule has 13 heteroatoms. The average molecular weight is 763 g/mol. The minimum atomic E-state index is -4.60. The van der Waals surface area contributed by atoms with Crippen LogP contribution < -0.4 is 0 Å². The fraction of sp³-hybridized carbons (Fsp3) is 0.846. The number of carbonyl (C=O) groups excluding carboxylic acids is 2. The van der Waals surface area contributed by atoms with Crippen LogP contribution in [0.3, 0.4) is 0 Å². The fourth-order valence-electron chi connectivity index (χ4n) is 5.90. The first-order valence-corrected chi connectivity index (χ1v) is 21.5. The molecule has 1 saturated heterocycles. The highest BCUT2D eigenvalue weighted by Gasteiger charge is 2.46. The summed E-state index contributed by atoms with van der Waals surface area (Å²) in [4.78, 5) is 25.2. The molecular weight excluding hydrogens is 692 g/mol. The number of aliphatic hydroxyl groups is 3. The van der Waals surface area contributed by atoms with Gasteiger partial charge in [0.2, 0.25) is 0 Å². The Morgan fingerprint density at radius 3 is 1.67 bits per heavy atom. The maximum absolute atomic E-state index is 12.7. The molecule has 4 N–H and O–H groups in total. The summed E-state index contributed by atoms with van der Waals surface area (Å²) in [6, 6.07) is 0. The van der Waals surface area contributed by atoms with Crippen LogP contribution in [0.1, 0.15) is 155 Å². The van der Waals surface area contributed by atoms with Gasteiger partial charge < -0.3 is 34.3 Å². The third-order valence-electron chi connectivity index (χ3n) is 9.06. The summed E-state index contributed by atoms with van der Waals surface area (Å²) >= 11 is 0. The number of aliphatic hydroxyl groups excluding tert-OH is 3. The van der Waals surface area contributed by atoms with Crippen LogP contribution >= 0.6 is 0 Å². The third-order valence-corrected chi connectivity index (χ3v) is 9.81. The van der Waals surface area contributed by atoms with Crippen molar-refractivity contribution in [2.45, 2.75) is 192 Å². The summed E-state index contributed by atoms with van der Waals surface area (Å²) in [5.41, 5.74) is 0. The number of carbonyl (C=O) groups is 2. The van der Waals surface area contributed by atoms with Gasteiger partial charge in [0.1, 0.15) is 36.8 Å². The minimum Gasteiger partial charge on any atom is -0.462 e. The van der Waals surface area contributed by atoms with E-state index in [-0.39, 0.29) is 19.4 Å². The van der Waals surface area contributed by atoms with Crippen molar-refractivity contribution < 1.29 is 56.8 Å². The molecule has 304 valence electrons. The highest BCUT2D eigenvalue weighted by molar-refractivity contribution is 7.85. The summed E-state index contributed by atoms with van der Waals surface area (Å²) in [6.07, 6.45) is 21.0. The van der Waals surface area contributed by atoms with Crippen molar-refractivity contribution in [2.24, 2.45) is 0 Å². The van der Waals surface area contributed by atoms with Crippen LogP contribution in [-0.4, -0.2) is 96.0 Å². The van der Waals surface area contributed by atoms with E-state index in [0.717, 1.165) is 57.8 Å². The fourth-order valence-corrected chi connectivity index (χ4v) is 6.59. The molecule has 2 unspecified atom stereocenters. The maximum atomic E-state index is 12.7. The van der Waals surface area contributed by atoms with Gasteiger partial charge in [-0.1, -0.05) is 128 Å². The Morgan fingerprint density at radius 2 is 1.13 bits per heavy atom. The maximum Gasteiger partial charge on any atom is 0.306 e. The van der Waals surface area contributed by atoms with Gasteiger partial charge in [0.05, 0.1) is 6.61 Å². The van der Waals surface area contributed by atoms with Crippen molar-refractivity contribution in [1.29, 1.82) is 0 Å². The molecule has 0 aliphatic carbocycles. The predicted molar refractivity (Wildman–Crippen MR) is 201 cm³/mol. The molecule has 0 radical (unpaired) electrons. The van der Waals surface area contributed by atoms with E-state index < -0.39 is 71.2 Å². The van der Waals surface area contributed by atoms with Crippen molar-refractivity contribution in [3.05, 3.63) is 24.3 Å². The monoisotopic (exact) mass is 762 g/mol. The number of hydrogen-bond donors (Lipinski definition) is 4. The zero-order valence-electron chi connectivity index (χ0n) is 31.9. The second-order valence-electron chi connectivity index (χ2n) is 14.0. The Hall–Kier alpha value is -1.87. The molecule has 0 amide bonds. The number of esters is 2. The standard InChI is InChI=1S/C39H70O12S/c1-3-5-7-9-11-13-14-15-16-17-18-20-22-24-26-28-35(41)50-32(29-48-34(40)27-25-23-21-19-12-10-8-6-4-2)30-49-39-38(44)37(43)36(42)33(51-39)31-52(45,46)47/h13-16,32-33,36-39,42-44H,3-12,17-31H2,1-2H3,(H,45,46,47)/b14-13+,16-15+/t32-,33-,36-,37?,38?,39+/m1/s1. The van der Waals surface area contributed by atoms with E-state index in [9.17, 15) is 37.9 Å². The SMILES string of the molecule is CCCCCC/C=C/C=C/CCCCCCCC(=O)O[C@H](COC(=O)CCCCCCCCCCC)CO[C@H]1O[C@H](CS(=O)(=O)O)[C@@H](O)C(O)C1O. The Kier molecular flexibility index (Phi) is 28.2. The van der Waals surface area contributed by atoms with Gasteiger partial charge in [0.15, 0.2) is 12.4 Å². The first kappa shape index (κ1) is 48.1. The molecule has 0 aromatic carbocycles. The second kappa shape index (κ2) is 30.5. The molecular formula is C39H70O12S. The van der Waals surface area contributed by atoms with Crippen LogP contribution in [-0.2, 0) is 38.7 Å². The molecule has 1 aliphatic rings. The van der Waals surface area contributed by atoms with Crippen molar-refractivity contribution in [3.63, 3.8) is 0 Å². The van der Waals surface area contributed by atoms with E-state index in [1.807, 2.05) is 0 Å². The van der Waals surface area contributed by atoms with Crippen molar-refractivity contribution in [1.82, 2.24) is 0 Å². The van der Waals surface area contributed by atoms with E-state index >= 15 is 0 Å².